The number of anilines is 1. The van der Waals surface area contributed by atoms with Crippen molar-refractivity contribution in [2.24, 2.45) is 5.10 Å². The normalized spacial score (nSPS) is 10.8. The number of nitrogens with one attached hydrogen (secondary N) is 1. The fourth-order valence-electron chi connectivity index (χ4n) is 3.11. The monoisotopic (exact) mass is 428 g/mol. The van der Waals surface area contributed by atoms with Crippen LogP contribution >= 0.6 is 0 Å². The third-order valence-electron chi connectivity index (χ3n) is 4.74. The number of hydrazone groups is 1. The van der Waals surface area contributed by atoms with Gasteiger partial charge in [-0.25, -0.2) is 19.8 Å². The Balaban J connectivity index is 1.66. The van der Waals surface area contributed by atoms with Crippen molar-refractivity contribution in [1.82, 2.24) is 9.97 Å². The Morgan fingerprint density at radius 1 is 0.812 bits per heavy atom. The van der Waals surface area contributed by atoms with Crippen molar-refractivity contribution < 1.29 is 13.9 Å². The third-order valence-corrected chi connectivity index (χ3v) is 4.74. The van der Waals surface area contributed by atoms with E-state index in [1.165, 1.54) is 12.1 Å². The quantitative estimate of drug-likeness (QED) is 0.315. The SMILES string of the molecule is COc1ccc(C=NNc2nc(-c3ccccc3)cc(-c3ccc(F)cc3)n2)c(OC)c1. The fourth-order valence-corrected chi connectivity index (χ4v) is 3.11. The second-order valence-electron chi connectivity index (χ2n) is 6.81. The maximum atomic E-state index is 13.4. The number of halogens is 1. The van der Waals surface area contributed by atoms with Crippen molar-refractivity contribution in [1.29, 1.82) is 0 Å². The maximum Gasteiger partial charge on any atom is 0.244 e. The molecule has 32 heavy (non-hydrogen) atoms. The lowest BCUT2D eigenvalue weighted by molar-refractivity contribution is 0.394. The summed E-state index contributed by atoms with van der Waals surface area (Å²) in [7, 11) is 3.18. The lowest BCUT2D eigenvalue weighted by Gasteiger charge is -2.09. The second kappa shape index (κ2) is 9.70. The first kappa shape index (κ1) is 21.0. The van der Waals surface area contributed by atoms with Crippen molar-refractivity contribution in [2.45, 2.75) is 0 Å². The molecule has 0 saturated heterocycles. The van der Waals surface area contributed by atoms with Gasteiger partial charge in [-0.3, -0.25) is 0 Å². The molecule has 0 atom stereocenters. The minimum atomic E-state index is -0.303. The molecule has 3 aromatic carbocycles. The van der Waals surface area contributed by atoms with Crippen LogP contribution in [0.1, 0.15) is 5.56 Å². The first-order valence-electron chi connectivity index (χ1n) is 9.88. The van der Waals surface area contributed by atoms with Crippen LogP contribution in [0.4, 0.5) is 10.3 Å². The zero-order valence-corrected chi connectivity index (χ0v) is 17.6. The van der Waals surface area contributed by atoms with E-state index in [2.05, 4.69) is 20.5 Å². The van der Waals surface area contributed by atoms with E-state index in [4.69, 9.17) is 9.47 Å². The largest absolute Gasteiger partial charge is 0.497 e. The number of aromatic nitrogens is 2. The Morgan fingerprint density at radius 3 is 2.16 bits per heavy atom. The maximum absolute atomic E-state index is 13.4. The van der Waals surface area contributed by atoms with Crippen LogP contribution in [0.25, 0.3) is 22.5 Å². The van der Waals surface area contributed by atoms with E-state index in [0.717, 1.165) is 22.4 Å². The van der Waals surface area contributed by atoms with Gasteiger partial charge < -0.3 is 9.47 Å². The molecule has 1 N–H and O–H groups in total. The van der Waals surface area contributed by atoms with Gasteiger partial charge in [0.1, 0.15) is 17.3 Å². The van der Waals surface area contributed by atoms with E-state index >= 15 is 0 Å². The van der Waals surface area contributed by atoms with E-state index in [-0.39, 0.29) is 5.82 Å². The smallest absolute Gasteiger partial charge is 0.244 e. The highest BCUT2D eigenvalue weighted by atomic mass is 19.1. The van der Waals surface area contributed by atoms with E-state index in [1.807, 2.05) is 48.5 Å². The number of rotatable bonds is 7. The summed E-state index contributed by atoms with van der Waals surface area (Å²) < 4.78 is 24.0. The van der Waals surface area contributed by atoms with E-state index in [0.29, 0.717) is 23.1 Å². The van der Waals surface area contributed by atoms with Crippen LogP contribution in [0, 0.1) is 5.82 Å². The van der Waals surface area contributed by atoms with Crippen molar-refractivity contribution in [3.05, 3.63) is 90.2 Å². The minimum Gasteiger partial charge on any atom is -0.497 e. The molecule has 1 aromatic heterocycles. The predicted octanol–water partition coefficient (Wildman–Crippen LogP) is 5.41. The molecule has 0 amide bonds. The van der Waals surface area contributed by atoms with Gasteiger partial charge in [0.2, 0.25) is 5.95 Å². The molecule has 0 aliphatic heterocycles. The van der Waals surface area contributed by atoms with E-state index in [1.54, 1.807) is 38.6 Å². The highest BCUT2D eigenvalue weighted by Gasteiger charge is 2.09. The van der Waals surface area contributed by atoms with Crippen LogP contribution in [-0.4, -0.2) is 30.4 Å². The lowest BCUT2D eigenvalue weighted by atomic mass is 10.1. The van der Waals surface area contributed by atoms with Gasteiger partial charge >= 0.3 is 0 Å². The van der Waals surface area contributed by atoms with E-state index < -0.39 is 0 Å². The highest BCUT2D eigenvalue weighted by molar-refractivity contribution is 5.84. The Morgan fingerprint density at radius 2 is 1.50 bits per heavy atom. The summed E-state index contributed by atoms with van der Waals surface area (Å²) >= 11 is 0. The number of nitrogens with zero attached hydrogens (tertiary/aromatic N) is 3. The molecule has 0 fully saturated rings. The summed E-state index contributed by atoms with van der Waals surface area (Å²) in [4.78, 5) is 9.14. The van der Waals surface area contributed by atoms with Gasteiger partial charge in [0.15, 0.2) is 0 Å². The van der Waals surface area contributed by atoms with Crippen molar-refractivity contribution >= 4 is 12.2 Å². The Hall–Kier alpha value is -4.26. The van der Waals surface area contributed by atoms with Gasteiger partial charge in [0.25, 0.3) is 0 Å². The minimum absolute atomic E-state index is 0.303. The lowest BCUT2D eigenvalue weighted by Crippen LogP contribution is -2.01. The van der Waals surface area contributed by atoms with Crippen molar-refractivity contribution in [3.63, 3.8) is 0 Å². The van der Waals surface area contributed by atoms with Crippen LogP contribution in [-0.2, 0) is 0 Å². The fraction of sp³-hybridized carbons (Fsp3) is 0.0800. The number of hydrogen-bond donors (Lipinski definition) is 1. The van der Waals surface area contributed by atoms with Crippen LogP contribution in [0.2, 0.25) is 0 Å². The zero-order chi connectivity index (χ0) is 22.3. The second-order valence-corrected chi connectivity index (χ2v) is 6.81. The molecule has 6 nitrogen and oxygen atoms in total. The molecule has 160 valence electrons. The zero-order valence-electron chi connectivity index (χ0n) is 17.6. The molecule has 0 unspecified atom stereocenters. The molecular weight excluding hydrogens is 407 g/mol. The summed E-state index contributed by atoms with van der Waals surface area (Å²) in [5.41, 5.74) is 6.73. The van der Waals surface area contributed by atoms with Gasteiger partial charge in [-0.05, 0) is 42.5 Å². The Bertz CT molecular complexity index is 1230. The summed E-state index contributed by atoms with van der Waals surface area (Å²) in [6.45, 7) is 0. The third kappa shape index (κ3) is 4.89. The summed E-state index contributed by atoms with van der Waals surface area (Å²) in [5.74, 6) is 1.33. The standard InChI is InChI=1S/C25H21FN4O2/c1-31-21-13-10-19(24(14-21)32-2)16-27-30-25-28-22(17-6-4-3-5-7-17)15-23(29-25)18-8-11-20(26)12-9-18/h3-16H,1-2H3,(H,28,29,30). The molecule has 0 saturated carbocycles. The first-order chi connectivity index (χ1) is 15.7. The molecule has 4 aromatic rings. The molecule has 1 heterocycles. The van der Waals surface area contributed by atoms with Crippen LogP contribution < -0.4 is 14.9 Å². The van der Waals surface area contributed by atoms with Gasteiger partial charge in [0.05, 0.1) is 31.8 Å². The van der Waals surface area contributed by atoms with Gasteiger partial charge in [-0.1, -0.05) is 30.3 Å². The molecular formula is C25H21FN4O2. The average molecular weight is 428 g/mol. The van der Waals surface area contributed by atoms with Gasteiger partial charge in [-0.15, -0.1) is 0 Å². The first-order valence-corrected chi connectivity index (χ1v) is 9.88. The van der Waals surface area contributed by atoms with Crippen molar-refractivity contribution in [2.75, 3.05) is 19.6 Å². The summed E-state index contributed by atoms with van der Waals surface area (Å²) in [6.07, 6.45) is 1.62. The van der Waals surface area contributed by atoms with Gasteiger partial charge in [-0.2, -0.15) is 5.10 Å². The summed E-state index contributed by atoms with van der Waals surface area (Å²) in [6, 6.07) is 23.2. The Kier molecular flexibility index (Phi) is 6.36. The molecule has 0 bridgehead atoms. The molecule has 7 heteroatoms. The van der Waals surface area contributed by atoms with Crippen LogP contribution in [0.5, 0.6) is 11.5 Å². The molecule has 0 aliphatic rings. The topological polar surface area (TPSA) is 68.6 Å². The van der Waals surface area contributed by atoms with E-state index in [9.17, 15) is 4.39 Å². The Labute approximate surface area is 185 Å². The molecule has 0 aliphatic carbocycles. The number of hydrogen-bond acceptors (Lipinski definition) is 6. The van der Waals surface area contributed by atoms with Crippen LogP contribution in [0.3, 0.4) is 0 Å². The predicted molar refractivity (Wildman–Crippen MR) is 124 cm³/mol. The number of ether oxygens (including phenoxy) is 2. The average Bonchev–Trinajstić information content (AvgIpc) is 2.85. The molecule has 4 rings (SSSR count). The summed E-state index contributed by atoms with van der Waals surface area (Å²) in [5, 5.41) is 4.28. The number of benzene rings is 3. The highest BCUT2D eigenvalue weighted by Crippen LogP contribution is 2.26. The van der Waals surface area contributed by atoms with Gasteiger partial charge in [0, 0.05) is 22.8 Å². The van der Waals surface area contributed by atoms with Crippen LogP contribution in [0.15, 0.2) is 84.0 Å². The number of methoxy groups -OCH3 is 2. The molecule has 0 spiro atoms. The molecule has 0 radical (unpaired) electrons. The van der Waals surface area contributed by atoms with Crippen molar-refractivity contribution in [3.8, 4) is 34.0 Å².